The number of carbonyl (C=O) groups is 1. The number of carbonyl (C=O) groups excluding carboxylic acids is 1. The van der Waals surface area contributed by atoms with Gasteiger partial charge in [0.2, 0.25) is 5.91 Å². The van der Waals surface area contributed by atoms with E-state index in [1.807, 2.05) is 0 Å². The molecule has 2 atom stereocenters. The summed E-state index contributed by atoms with van der Waals surface area (Å²) >= 11 is 0. The van der Waals surface area contributed by atoms with E-state index < -0.39 is 6.61 Å². The molecule has 0 radical (unpaired) electrons. The molecule has 1 heterocycles. The van der Waals surface area contributed by atoms with Gasteiger partial charge in [0.25, 0.3) is 0 Å². The quantitative estimate of drug-likeness (QED) is 0.641. The van der Waals surface area contributed by atoms with Crippen LogP contribution in [0.3, 0.4) is 0 Å². The Morgan fingerprint density at radius 3 is 3.08 bits per heavy atom. The molecular formula is C9H17NO3. The average Bonchev–Trinajstić information content (AvgIpc) is 2.16. The van der Waals surface area contributed by atoms with Crippen LogP contribution in [0.4, 0.5) is 0 Å². The third-order valence-corrected chi connectivity index (χ3v) is 2.52. The maximum Gasteiger partial charge on any atom is 0.245 e. The molecule has 76 valence electrons. The topological polar surface area (TPSA) is 58.6 Å². The van der Waals surface area contributed by atoms with Crippen LogP contribution < -0.4 is 5.32 Å². The molecule has 1 aliphatic heterocycles. The van der Waals surface area contributed by atoms with Gasteiger partial charge in [0, 0.05) is 19.8 Å². The van der Waals surface area contributed by atoms with Gasteiger partial charge in [-0.1, -0.05) is 6.92 Å². The zero-order chi connectivity index (χ0) is 9.68. The van der Waals surface area contributed by atoms with Crippen LogP contribution >= 0.6 is 0 Å². The van der Waals surface area contributed by atoms with Gasteiger partial charge < -0.3 is 15.2 Å². The number of aliphatic hydroxyl groups is 1. The minimum absolute atomic E-state index is 0.293. The SMILES string of the molecule is CC1COCCC1CNC(=O)CO. The summed E-state index contributed by atoms with van der Waals surface area (Å²) in [6.07, 6.45) is 0.993. The Labute approximate surface area is 78.3 Å². The van der Waals surface area contributed by atoms with E-state index in [4.69, 9.17) is 9.84 Å². The molecule has 0 saturated carbocycles. The van der Waals surface area contributed by atoms with E-state index in [-0.39, 0.29) is 5.91 Å². The lowest BCUT2D eigenvalue weighted by atomic mass is 9.90. The van der Waals surface area contributed by atoms with Crippen molar-refractivity contribution in [2.24, 2.45) is 11.8 Å². The molecule has 0 aromatic carbocycles. The van der Waals surface area contributed by atoms with Gasteiger partial charge >= 0.3 is 0 Å². The summed E-state index contributed by atoms with van der Waals surface area (Å²) in [5.74, 6) is 0.690. The molecule has 0 aromatic rings. The molecule has 0 aliphatic carbocycles. The van der Waals surface area contributed by atoms with Crippen LogP contribution in [0.1, 0.15) is 13.3 Å². The van der Waals surface area contributed by atoms with E-state index in [2.05, 4.69) is 12.2 Å². The normalized spacial score (nSPS) is 28.5. The van der Waals surface area contributed by atoms with Gasteiger partial charge in [-0.3, -0.25) is 4.79 Å². The van der Waals surface area contributed by atoms with Gasteiger partial charge in [0.05, 0.1) is 0 Å². The molecule has 4 heteroatoms. The summed E-state index contributed by atoms with van der Waals surface area (Å²) in [4.78, 5) is 10.8. The third-order valence-electron chi connectivity index (χ3n) is 2.52. The highest BCUT2D eigenvalue weighted by atomic mass is 16.5. The molecular weight excluding hydrogens is 170 g/mol. The zero-order valence-electron chi connectivity index (χ0n) is 7.95. The Hall–Kier alpha value is -0.610. The summed E-state index contributed by atoms with van der Waals surface area (Å²) in [5.41, 5.74) is 0. The fraction of sp³-hybridized carbons (Fsp3) is 0.889. The maximum absolute atomic E-state index is 10.8. The van der Waals surface area contributed by atoms with Crippen molar-refractivity contribution in [1.29, 1.82) is 0 Å². The number of amides is 1. The largest absolute Gasteiger partial charge is 0.387 e. The number of ether oxygens (including phenoxy) is 1. The van der Waals surface area contributed by atoms with Crippen molar-refractivity contribution < 1.29 is 14.6 Å². The first-order chi connectivity index (χ1) is 6.24. The number of rotatable bonds is 3. The van der Waals surface area contributed by atoms with E-state index in [1.54, 1.807) is 0 Å². The molecule has 1 rings (SSSR count). The lowest BCUT2D eigenvalue weighted by Gasteiger charge is -2.28. The molecule has 1 fully saturated rings. The summed E-state index contributed by atoms with van der Waals surface area (Å²) in [7, 11) is 0. The minimum atomic E-state index is -0.419. The van der Waals surface area contributed by atoms with Crippen LogP contribution in [0, 0.1) is 11.8 Å². The van der Waals surface area contributed by atoms with Crippen molar-refractivity contribution in [3.8, 4) is 0 Å². The Morgan fingerprint density at radius 2 is 2.46 bits per heavy atom. The summed E-state index contributed by atoms with van der Waals surface area (Å²) < 4.78 is 5.28. The predicted octanol–water partition coefficient (Wildman–Crippen LogP) is -0.233. The molecule has 1 saturated heterocycles. The molecule has 4 nitrogen and oxygen atoms in total. The Balaban J connectivity index is 2.22. The van der Waals surface area contributed by atoms with Gasteiger partial charge in [0.15, 0.2) is 0 Å². The van der Waals surface area contributed by atoms with Crippen molar-refractivity contribution in [1.82, 2.24) is 5.32 Å². The van der Waals surface area contributed by atoms with Crippen molar-refractivity contribution in [2.75, 3.05) is 26.4 Å². The van der Waals surface area contributed by atoms with Gasteiger partial charge in [-0.05, 0) is 18.3 Å². The van der Waals surface area contributed by atoms with Crippen LogP contribution in [0.15, 0.2) is 0 Å². The van der Waals surface area contributed by atoms with Gasteiger partial charge in [0.1, 0.15) is 6.61 Å². The van der Waals surface area contributed by atoms with Crippen LogP contribution in [0.5, 0.6) is 0 Å². The second-order valence-corrected chi connectivity index (χ2v) is 3.56. The van der Waals surface area contributed by atoms with E-state index in [9.17, 15) is 4.79 Å². The van der Waals surface area contributed by atoms with E-state index in [1.165, 1.54) is 0 Å². The van der Waals surface area contributed by atoms with Gasteiger partial charge in [-0.25, -0.2) is 0 Å². The summed E-state index contributed by atoms with van der Waals surface area (Å²) in [5, 5.41) is 11.2. The van der Waals surface area contributed by atoms with E-state index >= 15 is 0 Å². The maximum atomic E-state index is 10.8. The fourth-order valence-electron chi connectivity index (χ4n) is 1.53. The van der Waals surface area contributed by atoms with Crippen molar-refractivity contribution in [2.45, 2.75) is 13.3 Å². The van der Waals surface area contributed by atoms with Gasteiger partial charge in [-0.15, -0.1) is 0 Å². The third kappa shape index (κ3) is 3.32. The molecule has 1 amide bonds. The minimum Gasteiger partial charge on any atom is -0.387 e. The number of hydrogen-bond donors (Lipinski definition) is 2. The van der Waals surface area contributed by atoms with Crippen molar-refractivity contribution in [3.63, 3.8) is 0 Å². The first kappa shape index (κ1) is 10.5. The number of aliphatic hydroxyl groups excluding tert-OH is 1. The highest BCUT2D eigenvalue weighted by molar-refractivity contribution is 5.76. The van der Waals surface area contributed by atoms with Crippen molar-refractivity contribution >= 4 is 5.91 Å². The highest BCUT2D eigenvalue weighted by Gasteiger charge is 2.21. The number of nitrogens with one attached hydrogen (secondary N) is 1. The van der Waals surface area contributed by atoms with E-state index in [0.717, 1.165) is 19.6 Å². The van der Waals surface area contributed by atoms with Crippen LogP contribution in [-0.4, -0.2) is 37.4 Å². The smallest absolute Gasteiger partial charge is 0.245 e. The molecule has 13 heavy (non-hydrogen) atoms. The Kier molecular flexibility index (Phi) is 4.18. The second kappa shape index (κ2) is 5.19. The second-order valence-electron chi connectivity index (χ2n) is 3.56. The molecule has 2 unspecified atom stereocenters. The first-order valence-electron chi connectivity index (χ1n) is 4.69. The summed E-state index contributed by atoms with van der Waals surface area (Å²) in [6.45, 7) is 3.92. The average molecular weight is 187 g/mol. The van der Waals surface area contributed by atoms with E-state index in [0.29, 0.717) is 18.4 Å². The first-order valence-corrected chi connectivity index (χ1v) is 4.69. The van der Waals surface area contributed by atoms with Crippen molar-refractivity contribution in [3.05, 3.63) is 0 Å². The fourth-order valence-corrected chi connectivity index (χ4v) is 1.53. The molecule has 1 aliphatic rings. The van der Waals surface area contributed by atoms with Gasteiger partial charge in [-0.2, -0.15) is 0 Å². The molecule has 2 N–H and O–H groups in total. The standard InChI is InChI=1S/C9H17NO3/c1-7-6-13-3-2-8(7)4-10-9(12)5-11/h7-8,11H,2-6H2,1H3,(H,10,12). The summed E-state index contributed by atoms with van der Waals surface area (Å²) in [6, 6.07) is 0. The molecule has 0 bridgehead atoms. The Morgan fingerprint density at radius 1 is 1.69 bits per heavy atom. The molecule has 0 aromatic heterocycles. The lowest BCUT2D eigenvalue weighted by molar-refractivity contribution is -0.124. The van der Waals surface area contributed by atoms with Crippen LogP contribution in [0.25, 0.3) is 0 Å². The lowest BCUT2D eigenvalue weighted by Crippen LogP contribution is -2.37. The zero-order valence-corrected chi connectivity index (χ0v) is 7.95. The Bertz CT molecular complexity index is 172. The monoisotopic (exact) mass is 187 g/mol. The molecule has 0 spiro atoms. The van der Waals surface area contributed by atoms with Crippen LogP contribution in [-0.2, 0) is 9.53 Å². The predicted molar refractivity (Wildman–Crippen MR) is 48.2 cm³/mol. The highest BCUT2D eigenvalue weighted by Crippen LogP contribution is 2.20. The number of hydrogen-bond acceptors (Lipinski definition) is 3. The van der Waals surface area contributed by atoms with Crippen LogP contribution in [0.2, 0.25) is 0 Å².